The van der Waals surface area contributed by atoms with E-state index >= 15 is 0 Å². The van der Waals surface area contributed by atoms with Gasteiger partial charge in [-0.15, -0.1) is 0 Å². The number of nitrogen functional groups attached to an aromatic ring is 1. The molecule has 4 aromatic rings. The maximum Gasteiger partial charge on any atom is 0.183 e. The van der Waals surface area contributed by atoms with Crippen molar-refractivity contribution in [2.75, 3.05) is 23.2 Å². The van der Waals surface area contributed by atoms with E-state index in [1.54, 1.807) is 37.8 Å². The fourth-order valence-electron chi connectivity index (χ4n) is 2.84. The number of pyridine rings is 2. The Morgan fingerprint density at radius 1 is 0.966 bits per heavy atom. The van der Waals surface area contributed by atoms with Gasteiger partial charge in [0.25, 0.3) is 0 Å². The van der Waals surface area contributed by atoms with Crippen molar-refractivity contribution in [3.05, 3.63) is 66.6 Å². The first-order valence-corrected chi connectivity index (χ1v) is 8.93. The average Bonchev–Trinajstić information content (AvgIpc) is 2.78. The Kier molecular flexibility index (Phi) is 5.30. The van der Waals surface area contributed by atoms with Crippen molar-refractivity contribution < 1.29 is 4.74 Å². The number of hydrogen-bond donors (Lipinski definition) is 4. The SMILES string of the molecule is COc1ccnc(Nc2cnc(NN)c(NCc3ccc4ncccc4c3)n2)c1. The standard InChI is InChI=1S/C20H20N8O/c1-29-15-6-8-23-17(10-15)26-18-12-25-20(28-21)19(27-18)24-11-13-4-5-16-14(9-13)3-2-7-22-16/h2-10,12H,11,21H2,1H3,(H,25,28)(H2,23,24,26,27). The molecule has 0 spiro atoms. The summed E-state index contributed by atoms with van der Waals surface area (Å²) in [5, 5.41) is 7.46. The summed E-state index contributed by atoms with van der Waals surface area (Å²) in [6, 6.07) is 13.6. The molecule has 0 saturated carbocycles. The van der Waals surface area contributed by atoms with Crippen LogP contribution in [0.5, 0.6) is 5.75 Å². The minimum Gasteiger partial charge on any atom is -0.497 e. The van der Waals surface area contributed by atoms with E-state index in [4.69, 9.17) is 10.6 Å². The molecule has 0 unspecified atom stereocenters. The highest BCUT2D eigenvalue weighted by molar-refractivity contribution is 5.79. The van der Waals surface area contributed by atoms with Gasteiger partial charge < -0.3 is 20.8 Å². The minimum absolute atomic E-state index is 0.441. The molecule has 3 heterocycles. The summed E-state index contributed by atoms with van der Waals surface area (Å²) in [6.07, 6.45) is 5.01. The number of rotatable bonds is 7. The van der Waals surface area contributed by atoms with Crippen LogP contribution in [0.25, 0.3) is 10.9 Å². The number of ether oxygens (including phenoxy) is 1. The van der Waals surface area contributed by atoms with E-state index in [9.17, 15) is 0 Å². The molecule has 0 saturated heterocycles. The Hall–Kier alpha value is -3.98. The number of hydrogen-bond acceptors (Lipinski definition) is 9. The predicted octanol–water partition coefficient (Wildman–Crippen LogP) is 3.07. The zero-order valence-electron chi connectivity index (χ0n) is 15.8. The third kappa shape index (κ3) is 4.30. The van der Waals surface area contributed by atoms with Gasteiger partial charge in [0.1, 0.15) is 11.6 Å². The number of hydrazine groups is 1. The third-order valence-corrected chi connectivity index (χ3v) is 4.26. The molecule has 0 atom stereocenters. The molecule has 0 aliphatic heterocycles. The highest BCUT2D eigenvalue weighted by Gasteiger charge is 2.08. The first-order valence-electron chi connectivity index (χ1n) is 8.93. The molecular weight excluding hydrogens is 368 g/mol. The summed E-state index contributed by atoms with van der Waals surface area (Å²) < 4.78 is 5.21. The molecule has 29 heavy (non-hydrogen) atoms. The van der Waals surface area contributed by atoms with Gasteiger partial charge in [0.15, 0.2) is 17.5 Å². The van der Waals surface area contributed by atoms with E-state index in [1.165, 1.54) is 0 Å². The van der Waals surface area contributed by atoms with Crippen LogP contribution in [-0.4, -0.2) is 27.0 Å². The molecule has 5 N–H and O–H groups in total. The Balaban J connectivity index is 1.52. The fourth-order valence-corrected chi connectivity index (χ4v) is 2.84. The van der Waals surface area contributed by atoms with E-state index in [0.29, 0.717) is 35.6 Å². The molecule has 9 heteroatoms. The largest absolute Gasteiger partial charge is 0.497 e. The van der Waals surface area contributed by atoms with Crippen LogP contribution in [-0.2, 0) is 6.54 Å². The molecule has 0 amide bonds. The lowest BCUT2D eigenvalue weighted by molar-refractivity contribution is 0.414. The van der Waals surface area contributed by atoms with E-state index < -0.39 is 0 Å². The lowest BCUT2D eigenvalue weighted by atomic mass is 10.1. The quantitative estimate of drug-likeness (QED) is 0.279. The molecule has 4 rings (SSSR count). The molecule has 3 aromatic heterocycles. The highest BCUT2D eigenvalue weighted by Crippen LogP contribution is 2.22. The van der Waals surface area contributed by atoms with Crippen molar-refractivity contribution in [2.24, 2.45) is 5.84 Å². The van der Waals surface area contributed by atoms with E-state index in [2.05, 4.69) is 42.1 Å². The van der Waals surface area contributed by atoms with Crippen molar-refractivity contribution in [3.63, 3.8) is 0 Å². The monoisotopic (exact) mass is 388 g/mol. The lowest BCUT2D eigenvalue weighted by Gasteiger charge is -2.13. The van der Waals surface area contributed by atoms with Gasteiger partial charge in [0, 0.05) is 30.4 Å². The second-order valence-corrected chi connectivity index (χ2v) is 6.19. The summed E-state index contributed by atoms with van der Waals surface area (Å²) in [4.78, 5) is 17.4. The number of fused-ring (bicyclic) bond motifs is 1. The molecule has 146 valence electrons. The van der Waals surface area contributed by atoms with Gasteiger partial charge in [0.05, 0.1) is 18.8 Å². The van der Waals surface area contributed by atoms with Gasteiger partial charge in [-0.3, -0.25) is 4.98 Å². The van der Waals surface area contributed by atoms with Crippen molar-refractivity contribution in [1.82, 2.24) is 19.9 Å². The first kappa shape index (κ1) is 18.4. The van der Waals surface area contributed by atoms with Crippen LogP contribution >= 0.6 is 0 Å². The normalized spacial score (nSPS) is 10.6. The number of anilines is 4. The summed E-state index contributed by atoms with van der Waals surface area (Å²) in [5.74, 6) is 8.36. The number of nitrogens with two attached hydrogens (primary N) is 1. The second-order valence-electron chi connectivity index (χ2n) is 6.19. The number of methoxy groups -OCH3 is 1. The maximum atomic E-state index is 5.58. The van der Waals surface area contributed by atoms with Gasteiger partial charge in [-0.25, -0.2) is 20.8 Å². The van der Waals surface area contributed by atoms with Gasteiger partial charge in [-0.2, -0.15) is 0 Å². The molecule has 1 aromatic carbocycles. The highest BCUT2D eigenvalue weighted by atomic mass is 16.5. The number of aromatic nitrogens is 4. The molecule has 9 nitrogen and oxygen atoms in total. The van der Waals surface area contributed by atoms with Crippen molar-refractivity contribution >= 4 is 34.2 Å². The van der Waals surface area contributed by atoms with E-state index in [0.717, 1.165) is 16.5 Å². The van der Waals surface area contributed by atoms with Gasteiger partial charge in [-0.1, -0.05) is 12.1 Å². The Morgan fingerprint density at radius 3 is 2.76 bits per heavy atom. The summed E-state index contributed by atoms with van der Waals surface area (Å²) in [6.45, 7) is 0.551. The van der Waals surface area contributed by atoms with Crippen molar-refractivity contribution in [1.29, 1.82) is 0 Å². The Bertz CT molecular complexity index is 1130. The van der Waals surface area contributed by atoms with Crippen LogP contribution in [0.2, 0.25) is 0 Å². The predicted molar refractivity (Wildman–Crippen MR) is 113 cm³/mol. The van der Waals surface area contributed by atoms with Crippen LogP contribution in [0.4, 0.5) is 23.3 Å². The van der Waals surface area contributed by atoms with Crippen molar-refractivity contribution in [2.45, 2.75) is 6.54 Å². The van der Waals surface area contributed by atoms with Gasteiger partial charge in [0.2, 0.25) is 0 Å². The molecule has 0 aliphatic rings. The number of nitrogens with zero attached hydrogens (tertiary/aromatic N) is 4. The van der Waals surface area contributed by atoms with Crippen LogP contribution in [0.15, 0.2) is 61.1 Å². The van der Waals surface area contributed by atoms with Crippen molar-refractivity contribution in [3.8, 4) is 5.75 Å². The lowest BCUT2D eigenvalue weighted by Crippen LogP contribution is -2.14. The maximum absolute atomic E-state index is 5.58. The Morgan fingerprint density at radius 2 is 1.90 bits per heavy atom. The van der Waals surface area contributed by atoms with Gasteiger partial charge in [-0.05, 0) is 29.8 Å². The molecule has 0 bridgehead atoms. The van der Waals surface area contributed by atoms with E-state index in [-0.39, 0.29) is 0 Å². The van der Waals surface area contributed by atoms with Crippen LogP contribution in [0, 0.1) is 0 Å². The zero-order chi connectivity index (χ0) is 20.1. The minimum atomic E-state index is 0.441. The van der Waals surface area contributed by atoms with Gasteiger partial charge >= 0.3 is 0 Å². The molecular formula is C20H20N8O. The summed E-state index contributed by atoms with van der Waals surface area (Å²) in [7, 11) is 1.60. The molecule has 0 radical (unpaired) electrons. The van der Waals surface area contributed by atoms with Crippen LogP contribution in [0.3, 0.4) is 0 Å². The average molecular weight is 388 g/mol. The summed E-state index contributed by atoms with van der Waals surface area (Å²) >= 11 is 0. The molecule has 0 aliphatic carbocycles. The van der Waals surface area contributed by atoms with E-state index in [1.807, 2.05) is 24.3 Å². The zero-order valence-corrected chi connectivity index (χ0v) is 15.8. The topological polar surface area (TPSA) is 123 Å². The first-order chi connectivity index (χ1) is 14.2. The van der Waals surface area contributed by atoms with Crippen LogP contribution < -0.4 is 26.6 Å². The molecule has 0 fully saturated rings. The van der Waals surface area contributed by atoms with Crippen LogP contribution in [0.1, 0.15) is 5.56 Å². The summed E-state index contributed by atoms with van der Waals surface area (Å²) in [5.41, 5.74) is 4.60. The Labute approximate surface area is 167 Å². The number of nitrogens with one attached hydrogen (secondary N) is 3. The fraction of sp³-hybridized carbons (Fsp3) is 0.100. The second kappa shape index (κ2) is 8.36. The third-order valence-electron chi connectivity index (χ3n) is 4.26. The smallest absolute Gasteiger partial charge is 0.183 e. The number of benzene rings is 1.